The number of amides is 4. The van der Waals surface area contributed by atoms with Crippen molar-refractivity contribution in [2.24, 2.45) is 11.8 Å². The molecule has 13 heteroatoms. The first-order valence-electron chi connectivity index (χ1n) is 20.2. The van der Waals surface area contributed by atoms with Crippen molar-refractivity contribution >= 4 is 61.6 Å². The molecule has 1 atom stereocenters. The lowest BCUT2D eigenvalue weighted by Gasteiger charge is -2.36. The molecule has 1 aliphatic carbocycles. The van der Waals surface area contributed by atoms with Crippen molar-refractivity contribution in [3.05, 3.63) is 93.3 Å². The average Bonchev–Trinajstić information content (AvgIpc) is 3.76. The number of rotatable bonds is 10. The van der Waals surface area contributed by atoms with Gasteiger partial charge in [0.1, 0.15) is 11.8 Å². The summed E-state index contributed by atoms with van der Waals surface area (Å²) in [5, 5.41) is 8.44. The first kappa shape index (κ1) is 37.2. The Kier molecular flexibility index (Phi) is 10.1. The minimum atomic E-state index is -0.974. The normalized spacial score (nSPS) is 22.0. The number of carbonyl (C=O) groups is 4. The van der Waals surface area contributed by atoms with Crippen LogP contribution < -0.4 is 20.9 Å². The number of likely N-dealkylation sites (tertiary alicyclic amines) is 1. The number of imide groups is 2. The van der Waals surface area contributed by atoms with Crippen molar-refractivity contribution in [3.8, 4) is 11.4 Å². The van der Waals surface area contributed by atoms with E-state index in [2.05, 4.69) is 15.5 Å². The molecular weight excluding hydrogens is 741 g/mol. The van der Waals surface area contributed by atoms with Gasteiger partial charge in [0, 0.05) is 48.8 Å². The molecule has 9 rings (SSSR count). The van der Waals surface area contributed by atoms with E-state index in [-0.39, 0.29) is 24.3 Å². The number of aromatic nitrogens is 2. The number of anilines is 1. The second kappa shape index (κ2) is 15.5. The third kappa shape index (κ3) is 7.12. The second-order valence-electron chi connectivity index (χ2n) is 16.0. The molecule has 0 spiro atoms. The topological polar surface area (TPSA) is 143 Å². The number of hydrogen-bond donors (Lipinski definition) is 2. The van der Waals surface area contributed by atoms with Gasteiger partial charge in [-0.25, -0.2) is 4.98 Å². The maximum absolute atomic E-state index is 13.4. The van der Waals surface area contributed by atoms with Crippen LogP contribution in [0, 0.1) is 11.8 Å². The maximum atomic E-state index is 13.4. The molecule has 0 radical (unpaired) electrons. The number of piperidine rings is 2. The third-order valence-corrected chi connectivity index (χ3v) is 13.7. The van der Waals surface area contributed by atoms with E-state index in [0.717, 1.165) is 77.9 Å². The lowest BCUT2D eigenvalue weighted by atomic mass is 9.81. The minimum Gasteiger partial charge on any atom is -0.494 e. The van der Waals surface area contributed by atoms with Gasteiger partial charge in [0.2, 0.25) is 11.8 Å². The molecule has 2 saturated heterocycles. The zero-order chi connectivity index (χ0) is 39.2. The number of fused-ring (bicyclic) bond motifs is 3. The summed E-state index contributed by atoms with van der Waals surface area (Å²) in [5.74, 6) is 0.372. The summed E-state index contributed by atoms with van der Waals surface area (Å²) < 4.78 is 8.50. The maximum Gasteiger partial charge on any atom is 0.264 e. The first-order valence-corrected chi connectivity index (χ1v) is 21.0. The van der Waals surface area contributed by atoms with Crippen LogP contribution in [0.15, 0.2) is 71.7 Å². The molecule has 12 nitrogen and oxygen atoms in total. The Morgan fingerprint density at radius 2 is 1.68 bits per heavy atom. The Morgan fingerprint density at radius 1 is 0.877 bits per heavy atom. The van der Waals surface area contributed by atoms with Crippen LogP contribution in [0.25, 0.3) is 26.7 Å². The molecule has 2 aromatic heterocycles. The minimum absolute atomic E-state index is 0.0675. The van der Waals surface area contributed by atoms with Gasteiger partial charge in [-0.1, -0.05) is 24.3 Å². The smallest absolute Gasteiger partial charge is 0.264 e. The SMILES string of the molecule is COc1cc2nc(C3CCC(CN4CCC(CCNc5cccc6c5C(=O)N(C5CCC(=O)NC5=O)C6=O)CC4)CC3)sc2cc1-n1ccc2ccccc2c1=O. The summed E-state index contributed by atoms with van der Waals surface area (Å²) in [6.45, 7) is 3.99. The Hall–Kier alpha value is -5.40. The summed E-state index contributed by atoms with van der Waals surface area (Å²) in [4.78, 5) is 72.9. The van der Waals surface area contributed by atoms with Gasteiger partial charge in [0.25, 0.3) is 17.4 Å². The molecular formula is C44H46N6O6S. The van der Waals surface area contributed by atoms with Crippen LogP contribution in [0.4, 0.5) is 5.69 Å². The number of pyridine rings is 1. The highest BCUT2D eigenvalue weighted by Gasteiger charge is 2.45. The largest absolute Gasteiger partial charge is 0.494 e. The summed E-state index contributed by atoms with van der Waals surface area (Å²) in [6, 6.07) is 17.8. The highest BCUT2D eigenvalue weighted by molar-refractivity contribution is 7.18. The van der Waals surface area contributed by atoms with Crippen LogP contribution in [-0.4, -0.2) is 82.3 Å². The van der Waals surface area contributed by atoms with Crippen LogP contribution in [-0.2, 0) is 9.59 Å². The lowest BCUT2D eigenvalue weighted by molar-refractivity contribution is -0.136. The summed E-state index contributed by atoms with van der Waals surface area (Å²) >= 11 is 1.74. The molecule has 4 amide bonds. The van der Waals surface area contributed by atoms with Gasteiger partial charge in [-0.15, -0.1) is 11.3 Å². The van der Waals surface area contributed by atoms with Crippen molar-refractivity contribution < 1.29 is 23.9 Å². The van der Waals surface area contributed by atoms with Gasteiger partial charge >= 0.3 is 0 Å². The Bertz CT molecular complexity index is 2460. The zero-order valence-corrected chi connectivity index (χ0v) is 32.8. The van der Waals surface area contributed by atoms with E-state index in [9.17, 15) is 24.0 Å². The standard InChI is InChI=1S/C44H46N6O6S/c1-56-36-23-33-37(24-35(36)49-22-18-28-5-2-3-6-30(28)42(49)53)57-41(46-33)29-11-9-27(10-12-29)25-48-20-16-26(17-21-48)15-19-45-32-8-4-7-31-39(32)44(55)50(43(31)54)34-13-14-38(51)47-40(34)52/h2-8,18,22-24,26-27,29,34,45H,9-17,19-21,25H2,1H3,(H,47,51,52). The lowest BCUT2D eigenvalue weighted by Crippen LogP contribution is -2.54. The molecule has 1 saturated carbocycles. The summed E-state index contributed by atoms with van der Waals surface area (Å²) in [6.07, 6.45) is 9.93. The van der Waals surface area contributed by atoms with Crippen LogP contribution >= 0.6 is 11.3 Å². The van der Waals surface area contributed by atoms with Gasteiger partial charge in [0.15, 0.2) is 0 Å². The molecule has 3 aliphatic heterocycles. The van der Waals surface area contributed by atoms with Gasteiger partial charge in [-0.2, -0.15) is 0 Å². The van der Waals surface area contributed by atoms with E-state index in [1.165, 1.54) is 17.8 Å². The highest BCUT2D eigenvalue weighted by atomic mass is 32.1. The Morgan fingerprint density at radius 3 is 2.47 bits per heavy atom. The molecule has 3 aromatic carbocycles. The fraction of sp³-hybridized carbons (Fsp3) is 0.409. The van der Waals surface area contributed by atoms with E-state index >= 15 is 0 Å². The summed E-state index contributed by atoms with van der Waals surface area (Å²) in [7, 11) is 1.64. The number of methoxy groups -OCH3 is 1. The molecule has 2 N–H and O–H groups in total. The number of nitrogens with zero attached hydrogens (tertiary/aromatic N) is 4. The number of thiazole rings is 1. The van der Waals surface area contributed by atoms with Gasteiger partial charge in [-0.05, 0) is 112 Å². The van der Waals surface area contributed by atoms with Crippen molar-refractivity contribution in [1.82, 2.24) is 24.7 Å². The first-order chi connectivity index (χ1) is 27.7. The molecule has 57 heavy (non-hydrogen) atoms. The quantitative estimate of drug-likeness (QED) is 0.152. The molecule has 5 heterocycles. The van der Waals surface area contributed by atoms with Gasteiger partial charge in [0.05, 0.1) is 39.1 Å². The zero-order valence-electron chi connectivity index (χ0n) is 32.0. The number of benzene rings is 3. The Balaban J connectivity index is 0.754. The number of hydrogen-bond acceptors (Lipinski definition) is 10. The Labute approximate surface area is 334 Å². The van der Waals surface area contributed by atoms with E-state index in [0.29, 0.717) is 52.2 Å². The highest BCUT2D eigenvalue weighted by Crippen LogP contribution is 2.41. The van der Waals surface area contributed by atoms with Crippen molar-refractivity contribution in [3.63, 3.8) is 0 Å². The average molecular weight is 787 g/mol. The van der Waals surface area contributed by atoms with Gasteiger partial charge in [-0.3, -0.25) is 38.8 Å². The van der Waals surface area contributed by atoms with Crippen molar-refractivity contribution in [2.45, 2.75) is 69.7 Å². The predicted octanol–water partition coefficient (Wildman–Crippen LogP) is 6.50. The van der Waals surface area contributed by atoms with E-state index in [4.69, 9.17) is 9.72 Å². The molecule has 5 aromatic rings. The summed E-state index contributed by atoms with van der Waals surface area (Å²) in [5.41, 5.74) is 2.79. The third-order valence-electron chi connectivity index (χ3n) is 12.5. The van der Waals surface area contributed by atoms with Crippen LogP contribution in [0.1, 0.15) is 89.4 Å². The molecule has 4 aliphatic rings. The number of carbonyl (C=O) groups excluding carboxylic acids is 4. The van der Waals surface area contributed by atoms with Crippen LogP contribution in [0.2, 0.25) is 0 Å². The van der Waals surface area contributed by atoms with Gasteiger partial charge < -0.3 is 15.0 Å². The monoisotopic (exact) mass is 786 g/mol. The fourth-order valence-electron chi connectivity index (χ4n) is 9.36. The molecule has 0 bridgehead atoms. The fourth-order valence-corrected chi connectivity index (χ4v) is 10.5. The van der Waals surface area contributed by atoms with E-state index < -0.39 is 23.8 Å². The second-order valence-corrected chi connectivity index (χ2v) is 17.0. The van der Waals surface area contributed by atoms with Crippen LogP contribution in [0.5, 0.6) is 5.75 Å². The predicted molar refractivity (Wildman–Crippen MR) is 219 cm³/mol. The number of nitrogens with one attached hydrogen (secondary N) is 2. The van der Waals surface area contributed by atoms with E-state index in [1.54, 1.807) is 35.1 Å². The number of ether oxygens (including phenoxy) is 1. The molecule has 1 unspecified atom stereocenters. The molecule has 3 fully saturated rings. The van der Waals surface area contributed by atoms with Crippen molar-refractivity contribution in [2.75, 3.05) is 38.6 Å². The molecule has 294 valence electrons. The van der Waals surface area contributed by atoms with Crippen molar-refractivity contribution in [1.29, 1.82) is 0 Å². The van der Waals surface area contributed by atoms with E-state index in [1.807, 2.05) is 54.7 Å². The van der Waals surface area contributed by atoms with Crippen LogP contribution in [0.3, 0.4) is 0 Å².